The lowest BCUT2D eigenvalue weighted by Gasteiger charge is -2.01. The summed E-state index contributed by atoms with van der Waals surface area (Å²) in [7, 11) is 0. The Morgan fingerprint density at radius 1 is 1.18 bits per heavy atom. The molecule has 2 aromatic heterocycles. The fourth-order valence-electron chi connectivity index (χ4n) is 1.69. The fourth-order valence-corrected chi connectivity index (χ4v) is 2.63. The Bertz CT molecular complexity index is 679. The second kappa shape index (κ2) is 4.38. The van der Waals surface area contributed by atoms with Gasteiger partial charge in [-0.25, -0.2) is 9.67 Å². The van der Waals surface area contributed by atoms with Crippen LogP contribution in [0.15, 0.2) is 47.1 Å². The van der Waals surface area contributed by atoms with E-state index in [0.717, 1.165) is 24.9 Å². The summed E-state index contributed by atoms with van der Waals surface area (Å²) < 4.78 is 3.79. The van der Waals surface area contributed by atoms with Gasteiger partial charge in [0.1, 0.15) is 3.70 Å². The molecule has 84 valence electrons. The van der Waals surface area contributed by atoms with Gasteiger partial charge >= 0.3 is 0 Å². The summed E-state index contributed by atoms with van der Waals surface area (Å²) in [6.07, 6.45) is 1.79. The number of rotatable bonds is 1. The maximum Gasteiger partial charge on any atom is 0.164 e. The Morgan fingerprint density at radius 3 is 2.71 bits per heavy atom. The Balaban J connectivity index is 2.32. The molecule has 0 aliphatic rings. The maximum absolute atomic E-state index is 4.52. The zero-order valence-corrected chi connectivity index (χ0v) is 12.4. The van der Waals surface area contributed by atoms with Crippen LogP contribution in [0.25, 0.3) is 16.7 Å². The molecule has 0 radical (unpaired) electrons. The van der Waals surface area contributed by atoms with E-state index in [1.54, 1.807) is 6.20 Å². The quantitative estimate of drug-likeness (QED) is 0.583. The standard InChI is InChI=1S/C12H7BrIN3/c13-8-6-10-11(14)16-17(12(10)15-7-8)9-4-2-1-3-5-9/h1-7H. The SMILES string of the molecule is Brc1cnc2c(c1)c(I)nn2-c1ccccc1. The molecule has 0 aliphatic heterocycles. The van der Waals surface area contributed by atoms with Gasteiger partial charge in [0, 0.05) is 10.7 Å². The van der Waals surface area contributed by atoms with Crippen molar-refractivity contribution in [3.8, 4) is 5.69 Å². The number of pyridine rings is 1. The molecule has 1 aromatic carbocycles. The van der Waals surface area contributed by atoms with Crippen LogP contribution in [0, 0.1) is 3.70 Å². The van der Waals surface area contributed by atoms with Gasteiger partial charge in [0.2, 0.25) is 0 Å². The highest BCUT2D eigenvalue weighted by Crippen LogP contribution is 2.24. The molecule has 0 atom stereocenters. The third-order valence-electron chi connectivity index (χ3n) is 2.44. The van der Waals surface area contributed by atoms with Crippen molar-refractivity contribution in [3.05, 3.63) is 50.8 Å². The molecule has 0 saturated carbocycles. The molecule has 0 saturated heterocycles. The highest BCUT2D eigenvalue weighted by atomic mass is 127. The average Bonchev–Trinajstić information content (AvgIpc) is 2.68. The summed E-state index contributed by atoms with van der Waals surface area (Å²) in [6.45, 7) is 0. The van der Waals surface area contributed by atoms with Crippen LogP contribution in [0.3, 0.4) is 0 Å². The van der Waals surface area contributed by atoms with Gasteiger partial charge in [0.15, 0.2) is 5.65 Å². The van der Waals surface area contributed by atoms with Crippen LogP contribution in [-0.2, 0) is 0 Å². The first-order valence-electron chi connectivity index (χ1n) is 5.01. The number of hydrogen-bond acceptors (Lipinski definition) is 2. The molecule has 0 bridgehead atoms. The topological polar surface area (TPSA) is 30.7 Å². The van der Waals surface area contributed by atoms with Crippen LogP contribution in [0.5, 0.6) is 0 Å². The van der Waals surface area contributed by atoms with Crippen molar-refractivity contribution in [2.24, 2.45) is 0 Å². The van der Waals surface area contributed by atoms with Crippen LogP contribution in [0.2, 0.25) is 0 Å². The second-order valence-corrected chi connectivity index (χ2v) is 5.50. The highest BCUT2D eigenvalue weighted by Gasteiger charge is 2.10. The molecular weight excluding hydrogens is 393 g/mol. The molecule has 0 amide bonds. The molecule has 3 aromatic rings. The first kappa shape index (κ1) is 11.2. The predicted octanol–water partition coefficient (Wildman–Crippen LogP) is 3.79. The van der Waals surface area contributed by atoms with E-state index < -0.39 is 0 Å². The van der Waals surface area contributed by atoms with Crippen molar-refractivity contribution >= 4 is 49.6 Å². The van der Waals surface area contributed by atoms with Crippen LogP contribution in [0.1, 0.15) is 0 Å². The van der Waals surface area contributed by atoms with E-state index in [1.807, 2.05) is 41.1 Å². The van der Waals surface area contributed by atoms with Crippen LogP contribution in [-0.4, -0.2) is 14.8 Å². The molecule has 5 heteroatoms. The molecular formula is C12H7BrIN3. The summed E-state index contributed by atoms with van der Waals surface area (Å²) in [5.41, 5.74) is 1.90. The number of para-hydroxylation sites is 1. The summed E-state index contributed by atoms with van der Waals surface area (Å²) in [6, 6.07) is 12.1. The number of aromatic nitrogens is 3. The zero-order chi connectivity index (χ0) is 11.8. The molecule has 0 unspecified atom stereocenters. The van der Waals surface area contributed by atoms with E-state index in [9.17, 15) is 0 Å². The minimum atomic E-state index is 0.879. The van der Waals surface area contributed by atoms with E-state index in [-0.39, 0.29) is 0 Å². The van der Waals surface area contributed by atoms with Gasteiger partial charge in [0.25, 0.3) is 0 Å². The summed E-state index contributed by atoms with van der Waals surface area (Å²) in [5, 5.41) is 5.58. The third kappa shape index (κ3) is 1.97. The second-order valence-electron chi connectivity index (χ2n) is 3.56. The van der Waals surface area contributed by atoms with Crippen LogP contribution < -0.4 is 0 Å². The summed E-state index contributed by atoms with van der Waals surface area (Å²) in [4.78, 5) is 4.43. The Morgan fingerprint density at radius 2 is 1.94 bits per heavy atom. The van der Waals surface area contributed by atoms with Gasteiger partial charge in [-0.15, -0.1) is 0 Å². The predicted molar refractivity (Wildman–Crippen MR) is 79.3 cm³/mol. The molecule has 2 heterocycles. The lowest BCUT2D eigenvalue weighted by atomic mass is 10.3. The van der Waals surface area contributed by atoms with Crippen molar-refractivity contribution in [2.75, 3.05) is 0 Å². The minimum absolute atomic E-state index is 0.879. The lowest BCUT2D eigenvalue weighted by Crippen LogP contribution is -1.97. The van der Waals surface area contributed by atoms with Crippen molar-refractivity contribution < 1.29 is 0 Å². The summed E-state index contributed by atoms with van der Waals surface area (Å²) in [5.74, 6) is 0. The van der Waals surface area contributed by atoms with Gasteiger partial charge in [-0.2, -0.15) is 5.10 Å². The Hall–Kier alpha value is -0.950. The molecule has 3 rings (SSSR count). The third-order valence-corrected chi connectivity index (χ3v) is 3.68. The molecule has 17 heavy (non-hydrogen) atoms. The maximum atomic E-state index is 4.52. The number of benzene rings is 1. The van der Waals surface area contributed by atoms with Gasteiger partial charge < -0.3 is 0 Å². The van der Waals surface area contributed by atoms with Crippen molar-refractivity contribution in [2.45, 2.75) is 0 Å². The van der Waals surface area contributed by atoms with Crippen molar-refractivity contribution in [3.63, 3.8) is 0 Å². The van der Waals surface area contributed by atoms with Crippen molar-refractivity contribution in [1.29, 1.82) is 0 Å². The average molecular weight is 400 g/mol. The summed E-state index contributed by atoms with van der Waals surface area (Å²) >= 11 is 5.66. The van der Waals surface area contributed by atoms with Crippen LogP contribution >= 0.6 is 38.5 Å². The molecule has 0 N–H and O–H groups in total. The monoisotopic (exact) mass is 399 g/mol. The highest BCUT2D eigenvalue weighted by molar-refractivity contribution is 14.1. The lowest BCUT2D eigenvalue weighted by molar-refractivity contribution is 0.885. The van der Waals surface area contributed by atoms with Gasteiger partial charge in [-0.1, -0.05) is 18.2 Å². The number of nitrogens with zero attached hydrogens (tertiary/aromatic N) is 3. The van der Waals surface area contributed by atoms with E-state index in [1.165, 1.54) is 0 Å². The zero-order valence-electron chi connectivity index (χ0n) is 8.64. The van der Waals surface area contributed by atoms with Crippen LogP contribution in [0.4, 0.5) is 0 Å². The smallest absolute Gasteiger partial charge is 0.164 e. The number of hydrogen-bond donors (Lipinski definition) is 0. The van der Waals surface area contributed by atoms with Gasteiger partial charge in [-0.05, 0) is 56.7 Å². The molecule has 0 spiro atoms. The number of halogens is 2. The van der Waals surface area contributed by atoms with Gasteiger partial charge in [-0.3, -0.25) is 0 Å². The molecule has 0 aliphatic carbocycles. The van der Waals surface area contributed by atoms with E-state index in [4.69, 9.17) is 0 Å². The largest absolute Gasteiger partial charge is 0.235 e. The van der Waals surface area contributed by atoms with E-state index in [0.29, 0.717) is 0 Å². The fraction of sp³-hybridized carbons (Fsp3) is 0. The first-order chi connectivity index (χ1) is 8.25. The normalized spacial score (nSPS) is 10.9. The molecule has 3 nitrogen and oxygen atoms in total. The Kier molecular flexibility index (Phi) is 2.87. The Labute approximate surface area is 120 Å². The van der Waals surface area contributed by atoms with E-state index in [2.05, 4.69) is 48.6 Å². The number of fused-ring (bicyclic) bond motifs is 1. The van der Waals surface area contributed by atoms with E-state index >= 15 is 0 Å². The minimum Gasteiger partial charge on any atom is -0.235 e. The van der Waals surface area contributed by atoms with Crippen molar-refractivity contribution in [1.82, 2.24) is 14.8 Å². The first-order valence-corrected chi connectivity index (χ1v) is 6.88. The van der Waals surface area contributed by atoms with Gasteiger partial charge in [0.05, 0.1) is 11.1 Å². The molecule has 0 fully saturated rings.